The molecule has 2 fully saturated rings. The van der Waals surface area contributed by atoms with Crippen molar-refractivity contribution in [2.24, 2.45) is 11.8 Å². The van der Waals surface area contributed by atoms with Gasteiger partial charge in [0, 0.05) is 19.7 Å². The molecule has 104 valence electrons. The van der Waals surface area contributed by atoms with Crippen LogP contribution in [-0.2, 0) is 9.53 Å². The van der Waals surface area contributed by atoms with Crippen molar-refractivity contribution in [3.05, 3.63) is 0 Å². The molecule has 3 atom stereocenters. The molecule has 0 aromatic rings. The third-order valence-corrected chi connectivity index (χ3v) is 4.41. The fraction of sp³-hybridized carbons (Fsp3) is 0.929. The number of hydrogen-bond acceptors (Lipinski definition) is 3. The fourth-order valence-electron chi connectivity index (χ4n) is 2.88. The predicted molar refractivity (Wildman–Crippen MR) is 71.3 cm³/mol. The molecule has 0 bridgehead atoms. The Hall–Kier alpha value is -0.610. The molecule has 0 radical (unpaired) electrons. The first kappa shape index (κ1) is 13.8. The monoisotopic (exact) mass is 254 g/mol. The number of carbonyl (C=O) groups is 1. The van der Waals surface area contributed by atoms with Gasteiger partial charge in [-0.15, -0.1) is 0 Å². The maximum absolute atomic E-state index is 12.6. The van der Waals surface area contributed by atoms with Crippen LogP contribution in [0.25, 0.3) is 0 Å². The summed E-state index contributed by atoms with van der Waals surface area (Å²) in [7, 11) is 1.70. The van der Waals surface area contributed by atoms with Crippen molar-refractivity contribution in [3.8, 4) is 0 Å². The highest BCUT2D eigenvalue weighted by atomic mass is 16.5. The van der Waals surface area contributed by atoms with Crippen LogP contribution in [0, 0.1) is 11.8 Å². The van der Waals surface area contributed by atoms with Crippen LogP contribution in [0.4, 0.5) is 0 Å². The number of hydrogen-bond donors (Lipinski definition) is 1. The molecule has 1 heterocycles. The van der Waals surface area contributed by atoms with E-state index < -0.39 is 0 Å². The molecular weight excluding hydrogens is 228 g/mol. The van der Waals surface area contributed by atoms with E-state index in [2.05, 4.69) is 19.2 Å². The lowest BCUT2D eigenvalue weighted by molar-refractivity contribution is -0.137. The van der Waals surface area contributed by atoms with Gasteiger partial charge < -0.3 is 15.0 Å². The van der Waals surface area contributed by atoms with Crippen molar-refractivity contribution in [3.63, 3.8) is 0 Å². The predicted octanol–water partition coefficient (Wildman–Crippen LogP) is 1.26. The van der Waals surface area contributed by atoms with Crippen LogP contribution >= 0.6 is 0 Å². The Balaban J connectivity index is 1.99. The van der Waals surface area contributed by atoms with Crippen LogP contribution in [0.5, 0.6) is 0 Å². The molecule has 3 unspecified atom stereocenters. The second kappa shape index (κ2) is 6.02. The molecule has 18 heavy (non-hydrogen) atoms. The van der Waals surface area contributed by atoms with Gasteiger partial charge in [0.1, 0.15) is 0 Å². The van der Waals surface area contributed by atoms with Crippen LogP contribution in [0.3, 0.4) is 0 Å². The summed E-state index contributed by atoms with van der Waals surface area (Å²) in [6.07, 6.45) is 3.64. The Morgan fingerprint density at radius 3 is 2.67 bits per heavy atom. The second-order valence-electron chi connectivity index (χ2n) is 5.80. The highest BCUT2D eigenvalue weighted by molar-refractivity contribution is 5.83. The summed E-state index contributed by atoms with van der Waals surface area (Å²) < 4.78 is 5.15. The molecule has 1 saturated carbocycles. The van der Waals surface area contributed by atoms with E-state index in [0.717, 1.165) is 19.5 Å². The molecule has 0 spiro atoms. The molecule has 4 nitrogen and oxygen atoms in total. The quantitative estimate of drug-likeness (QED) is 0.776. The summed E-state index contributed by atoms with van der Waals surface area (Å²) in [5.41, 5.74) is 0. The van der Waals surface area contributed by atoms with E-state index in [1.807, 2.05) is 4.90 Å². The van der Waals surface area contributed by atoms with Crippen LogP contribution < -0.4 is 5.32 Å². The maximum atomic E-state index is 12.6. The van der Waals surface area contributed by atoms with Gasteiger partial charge in [-0.1, -0.05) is 6.92 Å². The van der Waals surface area contributed by atoms with E-state index in [0.29, 0.717) is 24.5 Å². The molecule has 2 aliphatic rings. The molecule has 1 aliphatic heterocycles. The topological polar surface area (TPSA) is 41.6 Å². The first-order valence-corrected chi connectivity index (χ1v) is 7.18. The SMILES string of the molecule is COCCN(C(=O)C1NCCC1C)C(C)C1CC1. The highest BCUT2D eigenvalue weighted by Crippen LogP contribution is 2.35. The Bertz CT molecular complexity index is 292. The van der Waals surface area contributed by atoms with E-state index in [1.54, 1.807) is 7.11 Å². The summed E-state index contributed by atoms with van der Waals surface area (Å²) >= 11 is 0. The highest BCUT2D eigenvalue weighted by Gasteiger charge is 2.38. The van der Waals surface area contributed by atoms with Crippen molar-refractivity contribution >= 4 is 5.91 Å². The minimum atomic E-state index is 0.0167. The molecule has 1 amide bonds. The Morgan fingerprint density at radius 1 is 1.44 bits per heavy atom. The molecular formula is C14H26N2O2. The zero-order valence-electron chi connectivity index (χ0n) is 11.8. The van der Waals surface area contributed by atoms with E-state index >= 15 is 0 Å². The summed E-state index contributed by atoms with van der Waals surface area (Å²) in [6.45, 7) is 6.67. The lowest BCUT2D eigenvalue weighted by atomic mass is 10.0. The number of ether oxygens (including phenoxy) is 1. The third kappa shape index (κ3) is 3.04. The van der Waals surface area contributed by atoms with Gasteiger partial charge in [-0.3, -0.25) is 4.79 Å². The lowest BCUT2D eigenvalue weighted by Gasteiger charge is -2.32. The third-order valence-electron chi connectivity index (χ3n) is 4.41. The van der Waals surface area contributed by atoms with Gasteiger partial charge in [0.2, 0.25) is 5.91 Å². The summed E-state index contributed by atoms with van der Waals surface area (Å²) in [6, 6.07) is 0.380. The summed E-state index contributed by atoms with van der Waals surface area (Å²) in [4.78, 5) is 14.7. The molecule has 1 aliphatic carbocycles. The minimum absolute atomic E-state index is 0.0167. The zero-order chi connectivity index (χ0) is 13.1. The maximum Gasteiger partial charge on any atom is 0.240 e. The largest absolute Gasteiger partial charge is 0.383 e. The smallest absolute Gasteiger partial charge is 0.240 e. The van der Waals surface area contributed by atoms with Gasteiger partial charge in [-0.05, 0) is 44.6 Å². The lowest BCUT2D eigenvalue weighted by Crippen LogP contribution is -2.51. The number of methoxy groups -OCH3 is 1. The van der Waals surface area contributed by atoms with Crippen molar-refractivity contribution < 1.29 is 9.53 Å². The summed E-state index contributed by atoms with van der Waals surface area (Å²) in [5, 5.41) is 3.35. The van der Waals surface area contributed by atoms with Gasteiger partial charge in [0.25, 0.3) is 0 Å². The van der Waals surface area contributed by atoms with E-state index in [9.17, 15) is 4.79 Å². The molecule has 1 N–H and O–H groups in total. The molecule has 4 heteroatoms. The Kier molecular flexibility index (Phi) is 4.62. The average molecular weight is 254 g/mol. The summed E-state index contributed by atoms with van der Waals surface area (Å²) in [5.74, 6) is 1.44. The number of rotatable bonds is 6. The standard InChI is InChI=1S/C14H26N2O2/c1-10-6-7-15-13(10)14(17)16(8-9-18-3)11(2)12-4-5-12/h10-13,15H,4-9H2,1-3H3. The minimum Gasteiger partial charge on any atom is -0.383 e. The number of nitrogens with zero attached hydrogens (tertiary/aromatic N) is 1. The first-order valence-electron chi connectivity index (χ1n) is 7.18. The van der Waals surface area contributed by atoms with Gasteiger partial charge in [-0.25, -0.2) is 0 Å². The van der Waals surface area contributed by atoms with Crippen molar-refractivity contribution in [2.75, 3.05) is 26.8 Å². The van der Waals surface area contributed by atoms with Crippen molar-refractivity contribution in [1.29, 1.82) is 0 Å². The van der Waals surface area contributed by atoms with Crippen LogP contribution in [0.1, 0.15) is 33.1 Å². The van der Waals surface area contributed by atoms with Crippen LogP contribution in [0.15, 0.2) is 0 Å². The van der Waals surface area contributed by atoms with Gasteiger partial charge in [-0.2, -0.15) is 0 Å². The Morgan fingerprint density at radius 2 is 2.17 bits per heavy atom. The number of amides is 1. The van der Waals surface area contributed by atoms with Gasteiger partial charge >= 0.3 is 0 Å². The first-order chi connectivity index (χ1) is 8.65. The van der Waals surface area contributed by atoms with Gasteiger partial charge in [0.15, 0.2) is 0 Å². The second-order valence-corrected chi connectivity index (χ2v) is 5.80. The fourth-order valence-corrected chi connectivity index (χ4v) is 2.88. The van der Waals surface area contributed by atoms with Crippen molar-refractivity contribution in [2.45, 2.75) is 45.2 Å². The van der Waals surface area contributed by atoms with E-state index in [-0.39, 0.29) is 11.9 Å². The number of carbonyl (C=O) groups excluding carboxylic acids is 1. The van der Waals surface area contributed by atoms with E-state index in [4.69, 9.17) is 4.74 Å². The molecule has 1 saturated heterocycles. The Labute approximate surface area is 110 Å². The van der Waals surface area contributed by atoms with Crippen LogP contribution in [-0.4, -0.2) is 49.7 Å². The average Bonchev–Trinajstić information content (AvgIpc) is 3.12. The normalized spacial score (nSPS) is 29.3. The van der Waals surface area contributed by atoms with Crippen molar-refractivity contribution in [1.82, 2.24) is 10.2 Å². The molecule has 0 aromatic heterocycles. The van der Waals surface area contributed by atoms with E-state index in [1.165, 1.54) is 12.8 Å². The molecule has 2 rings (SSSR count). The van der Waals surface area contributed by atoms with Gasteiger partial charge in [0.05, 0.1) is 12.6 Å². The molecule has 0 aromatic carbocycles. The number of nitrogens with one attached hydrogen (secondary N) is 1. The zero-order valence-corrected chi connectivity index (χ0v) is 11.8. The van der Waals surface area contributed by atoms with Crippen LogP contribution in [0.2, 0.25) is 0 Å².